The molecular formula is C17H19ClN2O3. The van der Waals surface area contributed by atoms with E-state index >= 15 is 0 Å². The number of hydrogen-bond acceptors (Lipinski definition) is 3. The van der Waals surface area contributed by atoms with E-state index < -0.39 is 11.9 Å². The number of aliphatic carboxylic acids is 1. The molecule has 1 heterocycles. The molecule has 0 spiro atoms. The number of aromatic nitrogens is 1. The maximum absolute atomic E-state index is 12.4. The number of carboxylic acids is 1. The SMILES string of the molecule is CC(C)CC(CNC(=O)c1cc(Cl)cc2cccnc12)C(=O)O. The van der Waals surface area contributed by atoms with Crippen LogP contribution in [0.3, 0.4) is 0 Å². The molecule has 122 valence electrons. The molecule has 1 unspecified atom stereocenters. The number of benzene rings is 1. The Morgan fingerprint density at radius 2 is 2.09 bits per heavy atom. The molecule has 6 heteroatoms. The maximum atomic E-state index is 12.4. The third-order valence-electron chi connectivity index (χ3n) is 3.53. The zero-order valence-corrected chi connectivity index (χ0v) is 13.8. The summed E-state index contributed by atoms with van der Waals surface area (Å²) < 4.78 is 0. The number of fused-ring (bicyclic) bond motifs is 1. The quantitative estimate of drug-likeness (QED) is 0.849. The summed E-state index contributed by atoms with van der Waals surface area (Å²) in [5.41, 5.74) is 0.895. The summed E-state index contributed by atoms with van der Waals surface area (Å²) in [6.07, 6.45) is 2.11. The Labute approximate surface area is 139 Å². The molecule has 2 rings (SSSR count). The number of carboxylic acid groups (broad SMARTS) is 1. The Kier molecular flexibility index (Phi) is 5.55. The molecule has 1 amide bonds. The topological polar surface area (TPSA) is 79.3 Å². The summed E-state index contributed by atoms with van der Waals surface area (Å²) >= 11 is 6.05. The van der Waals surface area contributed by atoms with Crippen LogP contribution in [0, 0.1) is 11.8 Å². The minimum Gasteiger partial charge on any atom is -0.481 e. The number of carbonyl (C=O) groups excluding carboxylic acids is 1. The van der Waals surface area contributed by atoms with Crippen LogP contribution in [-0.2, 0) is 4.79 Å². The fourth-order valence-corrected chi connectivity index (χ4v) is 2.71. The summed E-state index contributed by atoms with van der Waals surface area (Å²) in [7, 11) is 0. The maximum Gasteiger partial charge on any atom is 0.308 e. The smallest absolute Gasteiger partial charge is 0.308 e. The number of halogens is 1. The molecule has 0 fully saturated rings. The summed E-state index contributed by atoms with van der Waals surface area (Å²) in [6, 6.07) is 6.87. The highest BCUT2D eigenvalue weighted by Crippen LogP contribution is 2.22. The second-order valence-electron chi connectivity index (χ2n) is 5.90. The van der Waals surface area contributed by atoms with Crippen LogP contribution in [0.15, 0.2) is 30.5 Å². The van der Waals surface area contributed by atoms with Crippen molar-refractivity contribution in [2.45, 2.75) is 20.3 Å². The van der Waals surface area contributed by atoms with E-state index in [0.29, 0.717) is 22.5 Å². The Balaban J connectivity index is 2.19. The second-order valence-corrected chi connectivity index (χ2v) is 6.34. The molecule has 0 bridgehead atoms. The van der Waals surface area contributed by atoms with Gasteiger partial charge < -0.3 is 10.4 Å². The van der Waals surface area contributed by atoms with Gasteiger partial charge in [-0.1, -0.05) is 31.5 Å². The lowest BCUT2D eigenvalue weighted by molar-refractivity contribution is -0.142. The highest BCUT2D eigenvalue weighted by Gasteiger charge is 2.21. The van der Waals surface area contributed by atoms with Crippen molar-refractivity contribution in [1.29, 1.82) is 0 Å². The largest absolute Gasteiger partial charge is 0.481 e. The Hall–Kier alpha value is -2.14. The van der Waals surface area contributed by atoms with Crippen molar-refractivity contribution in [1.82, 2.24) is 10.3 Å². The van der Waals surface area contributed by atoms with E-state index in [0.717, 1.165) is 5.39 Å². The molecule has 0 saturated carbocycles. The van der Waals surface area contributed by atoms with Gasteiger partial charge in [0.25, 0.3) is 5.91 Å². The molecule has 0 aliphatic carbocycles. The van der Waals surface area contributed by atoms with E-state index in [4.69, 9.17) is 11.6 Å². The monoisotopic (exact) mass is 334 g/mol. The van der Waals surface area contributed by atoms with Gasteiger partial charge in [0.1, 0.15) is 0 Å². The Bertz CT molecular complexity index is 731. The number of nitrogens with one attached hydrogen (secondary N) is 1. The zero-order valence-electron chi connectivity index (χ0n) is 13.0. The van der Waals surface area contributed by atoms with Crippen LogP contribution in [0.1, 0.15) is 30.6 Å². The molecule has 0 aliphatic rings. The summed E-state index contributed by atoms with van der Waals surface area (Å²) in [6.45, 7) is 3.98. The highest BCUT2D eigenvalue weighted by atomic mass is 35.5. The van der Waals surface area contributed by atoms with Gasteiger partial charge in [0, 0.05) is 23.2 Å². The fourth-order valence-electron chi connectivity index (χ4n) is 2.48. The average Bonchev–Trinajstić information content (AvgIpc) is 2.49. The van der Waals surface area contributed by atoms with Gasteiger partial charge in [0.05, 0.1) is 17.0 Å². The van der Waals surface area contributed by atoms with E-state index in [2.05, 4.69) is 10.3 Å². The minimum absolute atomic E-state index is 0.0766. The Morgan fingerprint density at radius 3 is 2.74 bits per heavy atom. The molecular weight excluding hydrogens is 316 g/mol. The second kappa shape index (κ2) is 7.42. The lowest BCUT2D eigenvalue weighted by Crippen LogP contribution is -2.33. The third-order valence-corrected chi connectivity index (χ3v) is 3.75. The van der Waals surface area contributed by atoms with E-state index in [9.17, 15) is 14.7 Å². The van der Waals surface area contributed by atoms with Gasteiger partial charge in [0.2, 0.25) is 0 Å². The van der Waals surface area contributed by atoms with Crippen molar-refractivity contribution < 1.29 is 14.7 Å². The van der Waals surface area contributed by atoms with Gasteiger partial charge in [-0.3, -0.25) is 14.6 Å². The lowest BCUT2D eigenvalue weighted by atomic mass is 9.97. The number of hydrogen-bond donors (Lipinski definition) is 2. The van der Waals surface area contributed by atoms with Gasteiger partial charge >= 0.3 is 5.97 Å². The molecule has 23 heavy (non-hydrogen) atoms. The molecule has 1 atom stereocenters. The van der Waals surface area contributed by atoms with Gasteiger partial charge in [-0.2, -0.15) is 0 Å². The van der Waals surface area contributed by atoms with E-state index in [1.807, 2.05) is 19.9 Å². The van der Waals surface area contributed by atoms with Crippen molar-refractivity contribution >= 4 is 34.4 Å². The predicted octanol–water partition coefficient (Wildman–Crippen LogP) is 3.36. The van der Waals surface area contributed by atoms with Crippen LogP contribution >= 0.6 is 11.6 Å². The van der Waals surface area contributed by atoms with Crippen LogP contribution in [0.5, 0.6) is 0 Å². The number of rotatable bonds is 6. The summed E-state index contributed by atoms with van der Waals surface area (Å²) in [5, 5.41) is 13.1. The minimum atomic E-state index is -0.909. The Morgan fingerprint density at radius 1 is 1.35 bits per heavy atom. The van der Waals surface area contributed by atoms with Gasteiger partial charge in [-0.25, -0.2) is 0 Å². The normalized spacial score (nSPS) is 12.3. The van der Waals surface area contributed by atoms with Crippen molar-refractivity contribution in [2.75, 3.05) is 6.54 Å². The molecule has 0 aliphatic heterocycles. The first-order valence-electron chi connectivity index (χ1n) is 7.43. The summed E-state index contributed by atoms with van der Waals surface area (Å²) in [4.78, 5) is 27.9. The number of pyridine rings is 1. The number of carbonyl (C=O) groups is 2. The highest BCUT2D eigenvalue weighted by molar-refractivity contribution is 6.32. The number of amides is 1. The van der Waals surface area contributed by atoms with Gasteiger partial charge in [-0.05, 0) is 30.5 Å². The molecule has 2 aromatic rings. The molecule has 0 saturated heterocycles. The van der Waals surface area contributed by atoms with Crippen LogP contribution in [0.2, 0.25) is 5.02 Å². The standard InChI is InChI=1S/C17H19ClN2O3/c1-10(2)6-12(17(22)23)9-20-16(21)14-8-13(18)7-11-4-3-5-19-15(11)14/h3-5,7-8,10,12H,6,9H2,1-2H3,(H,20,21)(H,22,23). The first-order valence-corrected chi connectivity index (χ1v) is 7.81. The van der Waals surface area contributed by atoms with Crippen LogP contribution in [0.4, 0.5) is 0 Å². The average molecular weight is 335 g/mol. The van der Waals surface area contributed by atoms with E-state index in [-0.39, 0.29) is 18.4 Å². The van der Waals surface area contributed by atoms with Crippen LogP contribution < -0.4 is 5.32 Å². The lowest BCUT2D eigenvalue weighted by Gasteiger charge is -2.16. The van der Waals surface area contributed by atoms with Crippen molar-refractivity contribution in [2.24, 2.45) is 11.8 Å². The van der Waals surface area contributed by atoms with Crippen molar-refractivity contribution in [3.8, 4) is 0 Å². The zero-order chi connectivity index (χ0) is 17.0. The van der Waals surface area contributed by atoms with Gasteiger partial charge in [0.15, 0.2) is 0 Å². The first kappa shape index (κ1) is 17.2. The molecule has 1 aromatic carbocycles. The van der Waals surface area contributed by atoms with Crippen LogP contribution in [-0.4, -0.2) is 28.5 Å². The predicted molar refractivity (Wildman–Crippen MR) is 89.7 cm³/mol. The van der Waals surface area contributed by atoms with E-state index in [1.54, 1.807) is 24.4 Å². The molecule has 0 radical (unpaired) electrons. The fraction of sp³-hybridized carbons (Fsp3) is 0.353. The summed E-state index contributed by atoms with van der Waals surface area (Å²) in [5.74, 6) is -1.65. The molecule has 5 nitrogen and oxygen atoms in total. The van der Waals surface area contributed by atoms with E-state index in [1.165, 1.54) is 0 Å². The molecule has 1 aromatic heterocycles. The third kappa shape index (κ3) is 4.42. The van der Waals surface area contributed by atoms with Crippen LogP contribution in [0.25, 0.3) is 10.9 Å². The van der Waals surface area contributed by atoms with Crippen molar-refractivity contribution in [3.05, 3.63) is 41.0 Å². The molecule has 2 N–H and O–H groups in total. The van der Waals surface area contributed by atoms with Gasteiger partial charge in [-0.15, -0.1) is 0 Å². The number of nitrogens with zero attached hydrogens (tertiary/aromatic N) is 1. The van der Waals surface area contributed by atoms with Crippen molar-refractivity contribution in [3.63, 3.8) is 0 Å². The first-order chi connectivity index (χ1) is 10.9.